The van der Waals surface area contributed by atoms with Gasteiger partial charge < -0.3 is 15.1 Å². The molecule has 1 amide bonds. The second-order valence-corrected chi connectivity index (χ2v) is 11.7. The molecule has 0 bridgehead atoms. The summed E-state index contributed by atoms with van der Waals surface area (Å²) >= 11 is 8.22. The number of aryl methyl sites for hydroxylation is 1. The minimum atomic E-state index is 0.0389. The lowest BCUT2D eigenvalue weighted by Crippen LogP contribution is -2.51. The molecule has 1 aliphatic carbocycles. The lowest BCUT2D eigenvalue weighted by Gasteiger charge is -2.37. The monoisotopic (exact) mass is 538 g/mol. The summed E-state index contributed by atoms with van der Waals surface area (Å²) in [5.41, 5.74) is 3.00. The number of thiophene rings is 1. The Morgan fingerprint density at radius 3 is 2.89 bits per heavy atom. The van der Waals surface area contributed by atoms with Gasteiger partial charge in [0, 0.05) is 62.5 Å². The standard InChI is InChI=1S/C26H31ClN8OS/c1-32(2)7-8-33-9-11-34(12-10-33)26(36)17-3-4-19-22(13-17)37-25-23(19)24(28-16-29-25)31-21-14-18-5-6-30-35(18)15-20(21)27/h5-6,14-17H,3-4,7-13H2,1-2H3,(H,28,29,31)/t17-/m0/s1. The third-order valence-corrected chi connectivity index (χ3v) is 8.94. The second-order valence-electron chi connectivity index (χ2n) is 10.2. The highest BCUT2D eigenvalue weighted by molar-refractivity contribution is 7.19. The zero-order valence-electron chi connectivity index (χ0n) is 21.2. The number of carbonyl (C=O) groups is 1. The van der Waals surface area contributed by atoms with Crippen molar-refractivity contribution in [3.63, 3.8) is 0 Å². The molecule has 9 nitrogen and oxygen atoms in total. The van der Waals surface area contributed by atoms with E-state index in [1.54, 1.807) is 34.6 Å². The van der Waals surface area contributed by atoms with E-state index in [4.69, 9.17) is 11.6 Å². The van der Waals surface area contributed by atoms with Crippen LogP contribution in [0.1, 0.15) is 16.9 Å². The number of fused-ring (bicyclic) bond motifs is 4. The average Bonchev–Trinajstić information content (AvgIpc) is 3.51. The van der Waals surface area contributed by atoms with Crippen LogP contribution in [-0.4, -0.2) is 93.6 Å². The topological polar surface area (TPSA) is 81.9 Å². The largest absolute Gasteiger partial charge is 0.340 e. The van der Waals surface area contributed by atoms with Crippen LogP contribution in [0.25, 0.3) is 15.7 Å². The van der Waals surface area contributed by atoms with E-state index in [0.717, 1.165) is 85.8 Å². The Hall–Kier alpha value is -2.79. The lowest BCUT2D eigenvalue weighted by atomic mass is 9.86. The summed E-state index contributed by atoms with van der Waals surface area (Å²) < 4.78 is 1.75. The smallest absolute Gasteiger partial charge is 0.226 e. The average molecular weight is 539 g/mol. The Labute approximate surface area is 225 Å². The van der Waals surface area contributed by atoms with Crippen LogP contribution >= 0.6 is 22.9 Å². The van der Waals surface area contributed by atoms with Gasteiger partial charge in [0.15, 0.2) is 0 Å². The summed E-state index contributed by atoms with van der Waals surface area (Å²) in [6.45, 7) is 5.67. The first kappa shape index (κ1) is 24.5. The maximum atomic E-state index is 13.4. The number of nitrogens with zero attached hydrogens (tertiary/aromatic N) is 7. The predicted molar refractivity (Wildman–Crippen MR) is 148 cm³/mol. The lowest BCUT2D eigenvalue weighted by molar-refractivity contribution is -0.137. The molecule has 6 rings (SSSR count). The molecule has 1 saturated heterocycles. The highest BCUT2D eigenvalue weighted by atomic mass is 35.5. The van der Waals surface area contributed by atoms with E-state index in [2.05, 4.69) is 49.2 Å². The van der Waals surface area contributed by atoms with Crippen molar-refractivity contribution < 1.29 is 4.79 Å². The van der Waals surface area contributed by atoms with Crippen molar-refractivity contribution in [1.29, 1.82) is 0 Å². The second kappa shape index (κ2) is 10.2. The highest BCUT2D eigenvalue weighted by Crippen LogP contribution is 2.41. The van der Waals surface area contributed by atoms with Gasteiger partial charge in [0.05, 0.1) is 21.6 Å². The first-order chi connectivity index (χ1) is 18.0. The van der Waals surface area contributed by atoms with Gasteiger partial charge in [-0.1, -0.05) is 11.6 Å². The maximum absolute atomic E-state index is 13.4. The predicted octanol–water partition coefficient (Wildman–Crippen LogP) is 3.55. The molecular formula is C26H31ClN8OS. The van der Waals surface area contributed by atoms with Crippen molar-refractivity contribution in [2.75, 3.05) is 58.7 Å². The molecule has 194 valence electrons. The minimum absolute atomic E-state index is 0.0389. The quantitative estimate of drug-likeness (QED) is 0.402. The van der Waals surface area contributed by atoms with Crippen LogP contribution in [0.5, 0.6) is 0 Å². The first-order valence-electron chi connectivity index (χ1n) is 12.8. The molecule has 0 unspecified atom stereocenters. The molecule has 0 saturated carbocycles. The molecule has 37 heavy (non-hydrogen) atoms. The summed E-state index contributed by atoms with van der Waals surface area (Å²) in [5.74, 6) is 1.10. The number of likely N-dealkylation sites (N-methyl/N-ethyl adjacent to an activating group) is 1. The fourth-order valence-corrected chi connectivity index (χ4v) is 6.83. The number of carbonyl (C=O) groups excluding carboxylic acids is 1. The van der Waals surface area contributed by atoms with Crippen LogP contribution in [0.4, 0.5) is 11.5 Å². The highest BCUT2D eigenvalue weighted by Gasteiger charge is 2.33. The van der Waals surface area contributed by atoms with Crippen LogP contribution in [0.15, 0.2) is 30.9 Å². The van der Waals surface area contributed by atoms with Crippen molar-refractivity contribution in [3.05, 3.63) is 46.3 Å². The van der Waals surface area contributed by atoms with Gasteiger partial charge >= 0.3 is 0 Å². The normalized spacial score (nSPS) is 18.6. The summed E-state index contributed by atoms with van der Waals surface area (Å²) in [6, 6.07) is 3.90. The zero-order chi connectivity index (χ0) is 25.5. The Morgan fingerprint density at radius 2 is 2.08 bits per heavy atom. The van der Waals surface area contributed by atoms with Crippen LogP contribution < -0.4 is 5.32 Å². The molecule has 4 aromatic rings. The van der Waals surface area contributed by atoms with Gasteiger partial charge in [-0.25, -0.2) is 14.5 Å². The number of rotatable bonds is 6. The fraction of sp³-hybridized carbons (Fsp3) is 0.462. The number of piperazine rings is 1. The van der Waals surface area contributed by atoms with Crippen LogP contribution in [0.2, 0.25) is 5.02 Å². The zero-order valence-corrected chi connectivity index (χ0v) is 22.7. The van der Waals surface area contributed by atoms with Crippen molar-refractivity contribution in [2.24, 2.45) is 5.92 Å². The Morgan fingerprint density at radius 1 is 1.24 bits per heavy atom. The van der Waals surface area contributed by atoms with Crippen molar-refractivity contribution >= 4 is 56.1 Å². The van der Waals surface area contributed by atoms with E-state index >= 15 is 0 Å². The Kier molecular flexibility index (Phi) is 6.74. The number of hydrogen-bond acceptors (Lipinski definition) is 8. The molecular weight excluding hydrogens is 508 g/mol. The van der Waals surface area contributed by atoms with E-state index < -0.39 is 0 Å². The van der Waals surface area contributed by atoms with Gasteiger partial charge in [-0.15, -0.1) is 11.3 Å². The van der Waals surface area contributed by atoms with Gasteiger partial charge in [0.25, 0.3) is 0 Å². The molecule has 1 aliphatic heterocycles. The van der Waals surface area contributed by atoms with Gasteiger partial charge in [-0.2, -0.15) is 5.10 Å². The van der Waals surface area contributed by atoms with E-state index in [9.17, 15) is 4.79 Å². The third kappa shape index (κ3) is 4.90. The van der Waals surface area contributed by atoms with Crippen LogP contribution in [-0.2, 0) is 17.6 Å². The van der Waals surface area contributed by atoms with E-state index in [0.29, 0.717) is 10.9 Å². The third-order valence-electron chi connectivity index (χ3n) is 7.48. The first-order valence-corrected chi connectivity index (χ1v) is 14.0. The minimum Gasteiger partial charge on any atom is -0.340 e. The molecule has 5 heterocycles. The molecule has 0 spiro atoms. The molecule has 0 radical (unpaired) electrons. The Balaban J connectivity index is 1.18. The fourth-order valence-electron chi connectivity index (χ4n) is 5.37. The van der Waals surface area contributed by atoms with E-state index in [-0.39, 0.29) is 5.92 Å². The van der Waals surface area contributed by atoms with E-state index in [1.165, 1.54) is 10.4 Å². The van der Waals surface area contributed by atoms with Crippen molar-refractivity contribution in [2.45, 2.75) is 19.3 Å². The van der Waals surface area contributed by atoms with Crippen molar-refractivity contribution in [1.82, 2.24) is 34.3 Å². The summed E-state index contributed by atoms with van der Waals surface area (Å²) in [4.78, 5) is 31.5. The molecule has 2 aliphatic rings. The molecule has 1 fully saturated rings. The molecule has 1 atom stereocenters. The van der Waals surface area contributed by atoms with Gasteiger partial charge in [-0.3, -0.25) is 9.69 Å². The van der Waals surface area contributed by atoms with Gasteiger partial charge in [0.1, 0.15) is 17.0 Å². The number of halogens is 1. The van der Waals surface area contributed by atoms with E-state index in [1.807, 2.05) is 12.1 Å². The van der Waals surface area contributed by atoms with Gasteiger partial charge in [0.2, 0.25) is 5.91 Å². The summed E-state index contributed by atoms with van der Waals surface area (Å²) in [5, 5.41) is 9.30. The van der Waals surface area contributed by atoms with Crippen LogP contribution in [0.3, 0.4) is 0 Å². The van der Waals surface area contributed by atoms with Crippen LogP contribution in [0, 0.1) is 5.92 Å². The summed E-state index contributed by atoms with van der Waals surface area (Å²) in [7, 11) is 4.20. The number of anilines is 2. The number of hydrogen-bond donors (Lipinski definition) is 1. The molecule has 11 heteroatoms. The number of nitrogens with one attached hydrogen (secondary N) is 1. The van der Waals surface area contributed by atoms with Crippen molar-refractivity contribution in [3.8, 4) is 0 Å². The number of pyridine rings is 1. The van der Waals surface area contributed by atoms with Gasteiger partial charge in [-0.05, 0) is 51.1 Å². The Bertz CT molecular complexity index is 1440. The molecule has 4 aromatic heterocycles. The SMILES string of the molecule is CN(C)CCN1CCN(C(=O)[C@H]2CCc3c(sc4ncnc(Nc5cc6ccnn6cc5Cl)c34)C2)CC1. The number of aromatic nitrogens is 4. The molecule has 1 N–H and O–H groups in total. The summed E-state index contributed by atoms with van der Waals surface area (Å²) in [6.07, 6.45) is 7.62. The molecule has 0 aromatic carbocycles. The number of amides is 1. The maximum Gasteiger partial charge on any atom is 0.226 e.